The fourth-order valence-electron chi connectivity index (χ4n) is 8.51. The van der Waals surface area contributed by atoms with Gasteiger partial charge in [0, 0.05) is 6.42 Å². The first-order valence-corrected chi connectivity index (χ1v) is 32.1. The highest BCUT2D eigenvalue weighted by atomic mass is 31.2. The van der Waals surface area contributed by atoms with Crippen molar-refractivity contribution in [2.75, 3.05) is 40.9 Å². The van der Waals surface area contributed by atoms with Gasteiger partial charge in [-0.05, 0) is 89.9 Å². The first-order valence-electron chi connectivity index (χ1n) is 30.6. The summed E-state index contributed by atoms with van der Waals surface area (Å²) in [6.45, 7) is 4.66. The lowest BCUT2D eigenvalue weighted by atomic mass is 10.0. The van der Waals surface area contributed by atoms with E-state index in [0.29, 0.717) is 17.4 Å². The number of phosphoric acid groups is 1. The van der Waals surface area contributed by atoms with E-state index >= 15 is 0 Å². The van der Waals surface area contributed by atoms with Gasteiger partial charge in [-0.15, -0.1) is 0 Å². The number of allylic oxidation sites excluding steroid dienone is 15. The number of aliphatic hydroxyl groups excluding tert-OH is 1. The quantitative estimate of drug-likeness (QED) is 0.0243. The molecule has 0 saturated heterocycles. The van der Waals surface area contributed by atoms with Gasteiger partial charge < -0.3 is 19.8 Å². The van der Waals surface area contributed by atoms with Gasteiger partial charge in [0.25, 0.3) is 0 Å². The minimum absolute atomic E-state index is 0.0515. The van der Waals surface area contributed by atoms with Crippen molar-refractivity contribution in [1.82, 2.24) is 5.32 Å². The summed E-state index contributed by atoms with van der Waals surface area (Å²) in [5.41, 5.74) is 0. The molecule has 0 aliphatic heterocycles. The molecule has 8 nitrogen and oxygen atoms in total. The van der Waals surface area contributed by atoms with Crippen LogP contribution >= 0.6 is 7.82 Å². The van der Waals surface area contributed by atoms with Crippen molar-refractivity contribution >= 4 is 13.7 Å². The molecule has 0 aliphatic rings. The fourth-order valence-corrected chi connectivity index (χ4v) is 9.25. The number of hydrogen-bond acceptors (Lipinski definition) is 5. The van der Waals surface area contributed by atoms with Gasteiger partial charge in [-0.1, -0.05) is 259 Å². The number of aliphatic hydroxyl groups is 1. The van der Waals surface area contributed by atoms with Crippen LogP contribution < -0.4 is 5.32 Å². The van der Waals surface area contributed by atoms with E-state index in [1.54, 1.807) is 6.08 Å². The van der Waals surface area contributed by atoms with Gasteiger partial charge in [-0.3, -0.25) is 13.8 Å². The van der Waals surface area contributed by atoms with Gasteiger partial charge in [-0.2, -0.15) is 0 Å². The van der Waals surface area contributed by atoms with E-state index in [1.165, 1.54) is 161 Å². The maximum atomic E-state index is 13.0. The van der Waals surface area contributed by atoms with E-state index in [0.717, 1.165) is 77.0 Å². The number of carbonyl (C=O) groups is 1. The Hall–Kier alpha value is -2.58. The lowest BCUT2D eigenvalue weighted by Gasteiger charge is -2.25. The number of likely N-dealkylation sites (N-methyl/N-ethyl adjacent to an activating group) is 1. The van der Waals surface area contributed by atoms with Crippen molar-refractivity contribution in [3.8, 4) is 0 Å². The van der Waals surface area contributed by atoms with E-state index in [9.17, 15) is 19.4 Å². The van der Waals surface area contributed by atoms with Crippen LogP contribution in [0.3, 0.4) is 0 Å². The maximum absolute atomic E-state index is 13.0. The molecule has 1 amide bonds. The number of nitrogens with one attached hydrogen (secondary N) is 1. The molecule has 3 atom stereocenters. The highest BCUT2D eigenvalue weighted by Gasteiger charge is 2.27. The van der Waals surface area contributed by atoms with Crippen LogP contribution in [0, 0.1) is 0 Å². The van der Waals surface area contributed by atoms with Crippen LogP contribution in [0.4, 0.5) is 0 Å². The lowest BCUT2D eigenvalue weighted by molar-refractivity contribution is -0.870. The fraction of sp³-hybridized carbons (Fsp3) is 0.738. The average molecular weight is 1050 g/mol. The van der Waals surface area contributed by atoms with E-state index in [1.807, 2.05) is 27.2 Å². The van der Waals surface area contributed by atoms with Crippen LogP contribution in [0.5, 0.6) is 0 Å². The van der Waals surface area contributed by atoms with Gasteiger partial charge in [0.1, 0.15) is 13.2 Å². The van der Waals surface area contributed by atoms with Crippen molar-refractivity contribution in [3.63, 3.8) is 0 Å². The largest absolute Gasteiger partial charge is 0.472 e. The van der Waals surface area contributed by atoms with Crippen molar-refractivity contribution in [3.05, 3.63) is 97.2 Å². The van der Waals surface area contributed by atoms with Crippen LogP contribution in [0.1, 0.15) is 258 Å². The average Bonchev–Trinajstić information content (AvgIpc) is 3.36. The monoisotopic (exact) mass is 1050 g/mol. The number of quaternary nitrogens is 1. The Labute approximate surface area is 458 Å². The molecule has 0 aromatic carbocycles. The third-order valence-corrected chi connectivity index (χ3v) is 14.2. The SMILES string of the molecule is CC/C=C\C/C=C\C/C=C\C/C=C\C/C=C\CCCCCCCCCCCCCCCCCCCCCCCC(=O)NC(COP(=O)(O)OCC[N+](C)(C)C)C(O)/C=C/CC/C=C/CC/C=C/CCCCCCC. The highest BCUT2D eigenvalue weighted by molar-refractivity contribution is 7.47. The van der Waals surface area contributed by atoms with Crippen LogP contribution in [0.2, 0.25) is 0 Å². The second kappa shape index (κ2) is 55.2. The zero-order valence-corrected chi connectivity index (χ0v) is 49.7. The predicted molar refractivity (Wildman–Crippen MR) is 322 cm³/mol. The zero-order valence-electron chi connectivity index (χ0n) is 48.8. The molecule has 3 N–H and O–H groups in total. The van der Waals surface area contributed by atoms with Crippen LogP contribution in [-0.4, -0.2) is 73.4 Å². The molecule has 3 unspecified atom stereocenters. The summed E-state index contributed by atoms with van der Waals surface area (Å²) in [4.78, 5) is 23.3. The first kappa shape index (κ1) is 71.4. The number of nitrogens with zero attached hydrogens (tertiary/aromatic N) is 1. The van der Waals surface area contributed by atoms with Crippen molar-refractivity contribution in [1.29, 1.82) is 0 Å². The van der Waals surface area contributed by atoms with E-state index in [2.05, 4.69) is 104 Å². The second-order valence-electron chi connectivity index (χ2n) is 21.7. The van der Waals surface area contributed by atoms with Crippen molar-refractivity contribution in [2.45, 2.75) is 270 Å². The third kappa shape index (κ3) is 57.1. The molecule has 0 aromatic rings. The van der Waals surface area contributed by atoms with Gasteiger partial charge >= 0.3 is 7.82 Å². The Morgan fingerprint density at radius 2 is 0.824 bits per heavy atom. The minimum atomic E-state index is -4.36. The summed E-state index contributed by atoms with van der Waals surface area (Å²) >= 11 is 0. The van der Waals surface area contributed by atoms with Crippen LogP contribution in [0.25, 0.3) is 0 Å². The van der Waals surface area contributed by atoms with Crippen molar-refractivity contribution < 1.29 is 32.9 Å². The molecule has 0 aliphatic carbocycles. The van der Waals surface area contributed by atoms with Gasteiger partial charge in [0.15, 0.2) is 0 Å². The van der Waals surface area contributed by atoms with E-state index < -0.39 is 20.0 Å². The number of hydrogen-bond donors (Lipinski definition) is 3. The molecule has 74 heavy (non-hydrogen) atoms. The van der Waals surface area contributed by atoms with Gasteiger partial charge in [0.05, 0.1) is 39.9 Å². The standard InChI is InChI=1S/C65H117N2O6P/c1-6-8-10-12-14-16-18-20-22-23-24-25-26-27-28-29-30-31-32-33-34-35-36-37-38-39-40-41-42-43-45-47-49-51-53-55-57-59-65(69)66-63(62-73-74(70,71)72-61-60-67(3,4)5)64(68)58-56-54-52-50-48-46-44-21-19-17-15-13-11-9-7-2/h8,10,14,16,19-22,24-25,27-28,48,50,56,58,63-64,68H,6-7,9,11-13,15,17-18,23,26,29-47,49,51-55,57,59-62H2,1-5H3,(H-,66,69,70,71)/p+1/b10-8-,16-14-,21-19+,22-20-,25-24-,28-27-,50-48+,58-56+. The Morgan fingerprint density at radius 1 is 0.473 bits per heavy atom. The van der Waals surface area contributed by atoms with Crippen LogP contribution in [-0.2, 0) is 18.4 Å². The summed E-state index contributed by atoms with van der Waals surface area (Å²) in [5, 5.41) is 13.9. The molecular formula is C65H118N2O6P+. The smallest absolute Gasteiger partial charge is 0.387 e. The molecular weight excluding hydrogens is 936 g/mol. The summed E-state index contributed by atoms with van der Waals surface area (Å²) in [7, 11) is 1.54. The van der Waals surface area contributed by atoms with Gasteiger partial charge in [-0.25, -0.2) is 4.57 Å². The lowest BCUT2D eigenvalue weighted by Crippen LogP contribution is -2.45. The topological polar surface area (TPSA) is 105 Å². The molecule has 428 valence electrons. The maximum Gasteiger partial charge on any atom is 0.472 e. The summed E-state index contributed by atoms with van der Waals surface area (Å²) in [5.74, 6) is -0.191. The highest BCUT2D eigenvalue weighted by Crippen LogP contribution is 2.43. The Bertz CT molecular complexity index is 1520. The number of amides is 1. The van der Waals surface area contributed by atoms with Crippen LogP contribution in [0.15, 0.2) is 97.2 Å². The van der Waals surface area contributed by atoms with Crippen molar-refractivity contribution in [2.24, 2.45) is 0 Å². The molecule has 0 rings (SSSR count). The summed E-state index contributed by atoms with van der Waals surface area (Å²) in [6, 6.07) is -0.872. The number of unbranched alkanes of at least 4 members (excludes halogenated alkanes) is 28. The molecule has 0 fully saturated rings. The summed E-state index contributed by atoms with van der Waals surface area (Å²) in [6.07, 6.45) is 79.7. The third-order valence-electron chi connectivity index (χ3n) is 13.3. The predicted octanol–water partition coefficient (Wildman–Crippen LogP) is 19.0. The summed E-state index contributed by atoms with van der Waals surface area (Å²) < 4.78 is 23.7. The second-order valence-corrected chi connectivity index (χ2v) is 23.1. The molecule has 0 saturated carbocycles. The van der Waals surface area contributed by atoms with E-state index in [-0.39, 0.29) is 19.1 Å². The van der Waals surface area contributed by atoms with E-state index in [4.69, 9.17) is 9.05 Å². The molecule has 9 heteroatoms. The Balaban J connectivity index is 4.02. The van der Waals surface area contributed by atoms with Gasteiger partial charge in [0.2, 0.25) is 5.91 Å². The number of phosphoric ester groups is 1. The Kier molecular flexibility index (Phi) is 53.3. The molecule has 0 radical (unpaired) electrons. The number of carbonyl (C=O) groups excluding carboxylic acids is 1. The molecule has 0 aromatic heterocycles. The Morgan fingerprint density at radius 3 is 1.24 bits per heavy atom. The first-order chi connectivity index (χ1) is 36.0. The number of rotatable bonds is 55. The normalized spacial score (nSPS) is 14.5. The molecule has 0 spiro atoms. The minimum Gasteiger partial charge on any atom is -0.387 e. The molecule has 0 bridgehead atoms. The zero-order chi connectivity index (χ0) is 54.2. The molecule has 0 heterocycles.